The number of nitrogens with two attached hydrogens (primary N) is 1. The predicted molar refractivity (Wildman–Crippen MR) is 65.2 cm³/mol. The van der Waals surface area contributed by atoms with E-state index in [-0.39, 0.29) is 5.41 Å². The van der Waals surface area contributed by atoms with Crippen molar-refractivity contribution in [2.45, 2.75) is 31.1 Å². The van der Waals surface area contributed by atoms with Crippen molar-refractivity contribution in [1.82, 2.24) is 0 Å². The molecule has 2 N–H and O–H groups in total. The molecule has 1 aromatic rings. The minimum atomic E-state index is -0.243. The Hall–Kier alpha value is -1.15. The molecule has 1 aliphatic carbocycles. The van der Waals surface area contributed by atoms with E-state index < -0.39 is 0 Å². The summed E-state index contributed by atoms with van der Waals surface area (Å²) in [7, 11) is 0. The normalized spacial score (nSPS) is 29.9. The molecule has 2 rings (SSSR count). The first-order valence-electron chi connectivity index (χ1n) is 6.03. The molecule has 0 aliphatic heterocycles. The fraction of sp³-hybridized carbons (Fsp3) is 0.500. The minimum absolute atomic E-state index is 0.243. The summed E-state index contributed by atoms with van der Waals surface area (Å²) in [6, 6.07) is 10.1. The standard InChI is InChI=1S/C14H19NO/c15-10-12-6-8-14(11-16,9-7-12)13-4-2-1-3-5-13/h1-5,11-12H,6-10,15H2. The van der Waals surface area contributed by atoms with Crippen LogP contribution in [0.1, 0.15) is 31.2 Å². The van der Waals surface area contributed by atoms with Crippen LogP contribution in [0.25, 0.3) is 0 Å². The predicted octanol–water partition coefficient (Wildman–Crippen LogP) is 2.27. The molecule has 2 heteroatoms. The summed E-state index contributed by atoms with van der Waals surface area (Å²) in [6.45, 7) is 0.754. The van der Waals surface area contributed by atoms with Crippen LogP contribution in [-0.2, 0) is 10.2 Å². The Morgan fingerprint density at radius 1 is 1.25 bits per heavy atom. The zero-order chi connectivity index (χ0) is 11.4. The molecule has 86 valence electrons. The number of carbonyl (C=O) groups excluding carboxylic acids is 1. The average Bonchev–Trinajstić information content (AvgIpc) is 2.40. The molecule has 1 saturated carbocycles. The highest BCUT2D eigenvalue weighted by atomic mass is 16.1. The zero-order valence-electron chi connectivity index (χ0n) is 9.56. The van der Waals surface area contributed by atoms with Gasteiger partial charge in [0.05, 0.1) is 5.41 Å². The first-order valence-corrected chi connectivity index (χ1v) is 6.03. The van der Waals surface area contributed by atoms with E-state index >= 15 is 0 Å². The maximum absolute atomic E-state index is 11.4. The lowest BCUT2D eigenvalue weighted by atomic mass is 9.67. The summed E-state index contributed by atoms with van der Waals surface area (Å²) in [4.78, 5) is 11.4. The van der Waals surface area contributed by atoms with E-state index in [0.717, 1.165) is 38.5 Å². The third-order valence-corrected chi connectivity index (χ3v) is 3.91. The van der Waals surface area contributed by atoms with Crippen LogP contribution in [-0.4, -0.2) is 12.8 Å². The highest BCUT2D eigenvalue weighted by Crippen LogP contribution is 2.39. The van der Waals surface area contributed by atoms with Crippen molar-refractivity contribution in [3.8, 4) is 0 Å². The summed E-state index contributed by atoms with van der Waals surface area (Å²) in [5, 5.41) is 0. The Morgan fingerprint density at radius 2 is 1.88 bits per heavy atom. The Labute approximate surface area is 96.8 Å². The van der Waals surface area contributed by atoms with Gasteiger partial charge in [0.25, 0.3) is 0 Å². The monoisotopic (exact) mass is 217 g/mol. The minimum Gasteiger partial charge on any atom is -0.330 e. The molecule has 2 nitrogen and oxygen atoms in total. The van der Waals surface area contributed by atoms with Gasteiger partial charge in [0.15, 0.2) is 0 Å². The number of carbonyl (C=O) groups is 1. The summed E-state index contributed by atoms with van der Waals surface area (Å²) >= 11 is 0. The van der Waals surface area contributed by atoms with Crippen LogP contribution in [0.5, 0.6) is 0 Å². The van der Waals surface area contributed by atoms with Crippen molar-refractivity contribution in [2.24, 2.45) is 11.7 Å². The SMILES string of the molecule is NCC1CCC(C=O)(c2ccccc2)CC1. The molecule has 0 unspecified atom stereocenters. The molecule has 1 aromatic carbocycles. The van der Waals surface area contributed by atoms with Gasteiger partial charge in [0, 0.05) is 0 Å². The van der Waals surface area contributed by atoms with Gasteiger partial charge in [-0.25, -0.2) is 0 Å². The fourth-order valence-corrected chi connectivity index (χ4v) is 2.67. The van der Waals surface area contributed by atoms with Crippen LogP contribution in [0.15, 0.2) is 30.3 Å². The topological polar surface area (TPSA) is 43.1 Å². The van der Waals surface area contributed by atoms with Gasteiger partial charge in [0.1, 0.15) is 6.29 Å². The fourth-order valence-electron chi connectivity index (χ4n) is 2.67. The lowest BCUT2D eigenvalue weighted by Crippen LogP contribution is -2.35. The van der Waals surface area contributed by atoms with Crippen molar-refractivity contribution in [3.05, 3.63) is 35.9 Å². The van der Waals surface area contributed by atoms with Gasteiger partial charge in [-0.1, -0.05) is 30.3 Å². The number of hydrogen-bond acceptors (Lipinski definition) is 2. The van der Waals surface area contributed by atoms with Crippen molar-refractivity contribution in [2.75, 3.05) is 6.54 Å². The molecule has 16 heavy (non-hydrogen) atoms. The number of rotatable bonds is 3. The molecule has 1 fully saturated rings. The Kier molecular flexibility index (Phi) is 3.39. The van der Waals surface area contributed by atoms with Crippen LogP contribution >= 0.6 is 0 Å². The number of hydrogen-bond donors (Lipinski definition) is 1. The highest BCUT2D eigenvalue weighted by Gasteiger charge is 2.36. The first-order chi connectivity index (χ1) is 7.80. The van der Waals surface area contributed by atoms with E-state index in [2.05, 4.69) is 12.1 Å². The second kappa shape index (κ2) is 4.79. The van der Waals surface area contributed by atoms with Gasteiger partial charge < -0.3 is 10.5 Å². The zero-order valence-corrected chi connectivity index (χ0v) is 9.56. The summed E-state index contributed by atoms with van der Waals surface area (Å²) in [6.07, 6.45) is 5.19. The lowest BCUT2D eigenvalue weighted by molar-refractivity contribution is -0.114. The third kappa shape index (κ3) is 2.03. The summed E-state index contributed by atoms with van der Waals surface area (Å²) < 4.78 is 0. The van der Waals surface area contributed by atoms with Crippen LogP contribution < -0.4 is 5.73 Å². The summed E-state index contributed by atoms with van der Waals surface area (Å²) in [5.41, 5.74) is 6.61. The van der Waals surface area contributed by atoms with E-state index in [1.807, 2.05) is 18.2 Å². The quantitative estimate of drug-likeness (QED) is 0.789. The van der Waals surface area contributed by atoms with Gasteiger partial charge in [0.2, 0.25) is 0 Å². The van der Waals surface area contributed by atoms with Gasteiger partial charge >= 0.3 is 0 Å². The molecule has 0 aromatic heterocycles. The Morgan fingerprint density at radius 3 is 2.38 bits per heavy atom. The van der Waals surface area contributed by atoms with E-state index in [0.29, 0.717) is 5.92 Å². The summed E-state index contributed by atoms with van der Waals surface area (Å²) in [5.74, 6) is 0.608. The molecular weight excluding hydrogens is 198 g/mol. The van der Waals surface area contributed by atoms with Gasteiger partial charge in [-0.05, 0) is 43.7 Å². The maximum Gasteiger partial charge on any atom is 0.130 e. The number of benzene rings is 1. The van der Waals surface area contributed by atoms with Crippen LogP contribution in [0, 0.1) is 5.92 Å². The largest absolute Gasteiger partial charge is 0.330 e. The molecule has 0 heterocycles. The average molecular weight is 217 g/mol. The second-order valence-corrected chi connectivity index (χ2v) is 4.82. The van der Waals surface area contributed by atoms with E-state index in [1.165, 1.54) is 5.56 Å². The van der Waals surface area contributed by atoms with Crippen LogP contribution in [0.4, 0.5) is 0 Å². The highest BCUT2D eigenvalue weighted by molar-refractivity contribution is 5.68. The van der Waals surface area contributed by atoms with Crippen LogP contribution in [0.2, 0.25) is 0 Å². The van der Waals surface area contributed by atoms with E-state index in [4.69, 9.17) is 5.73 Å². The smallest absolute Gasteiger partial charge is 0.130 e. The molecular formula is C14H19NO. The van der Waals surface area contributed by atoms with Crippen molar-refractivity contribution in [3.63, 3.8) is 0 Å². The van der Waals surface area contributed by atoms with Gasteiger partial charge in [-0.3, -0.25) is 0 Å². The molecule has 0 bridgehead atoms. The van der Waals surface area contributed by atoms with Crippen molar-refractivity contribution >= 4 is 6.29 Å². The second-order valence-electron chi connectivity index (χ2n) is 4.82. The van der Waals surface area contributed by atoms with E-state index in [1.54, 1.807) is 0 Å². The molecule has 1 aliphatic rings. The Bertz CT molecular complexity index is 339. The molecule has 0 spiro atoms. The molecule has 0 saturated heterocycles. The van der Waals surface area contributed by atoms with Crippen LogP contribution in [0.3, 0.4) is 0 Å². The van der Waals surface area contributed by atoms with Crippen molar-refractivity contribution < 1.29 is 4.79 Å². The molecule has 0 radical (unpaired) electrons. The van der Waals surface area contributed by atoms with Gasteiger partial charge in [-0.15, -0.1) is 0 Å². The van der Waals surface area contributed by atoms with Crippen molar-refractivity contribution in [1.29, 1.82) is 0 Å². The first kappa shape index (κ1) is 11.3. The van der Waals surface area contributed by atoms with E-state index in [9.17, 15) is 4.79 Å². The Balaban J connectivity index is 2.19. The van der Waals surface area contributed by atoms with Gasteiger partial charge in [-0.2, -0.15) is 0 Å². The molecule has 0 amide bonds. The third-order valence-electron chi connectivity index (χ3n) is 3.91. The lowest BCUT2D eigenvalue weighted by Gasteiger charge is -2.36. The maximum atomic E-state index is 11.4. The molecule has 0 atom stereocenters. The number of aldehydes is 1.